The molecular weight excluding hydrogens is 550 g/mol. The molecule has 1 aliphatic rings. The maximum atomic E-state index is 14.0. The lowest BCUT2D eigenvalue weighted by atomic mass is 9.95. The monoisotopic (exact) mass is 591 g/mol. The second-order valence-corrected chi connectivity index (χ2v) is 12.5. The molecule has 0 aromatic heterocycles. The summed E-state index contributed by atoms with van der Waals surface area (Å²) in [5, 5.41) is 3.13. The van der Waals surface area contributed by atoms with E-state index in [-0.39, 0.29) is 23.4 Å². The zero-order chi connectivity index (χ0) is 30.0. The number of rotatable bonds is 13. The first-order valence-electron chi connectivity index (χ1n) is 14.7. The highest BCUT2D eigenvalue weighted by Gasteiger charge is 2.33. The topological polar surface area (TPSA) is 96.0 Å². The maximum Gasteiger partial charge on any atom is 0.264 e. The Morgan fingerprint density at radius 2 is 1.52 bits per heavy atom. The molecule has 1 atom stereocenters. The summed E-state index contributed by atoms with van der Waals surface area (Å²) in [6, 6.07) is 23.8. The number of ether oxygens (including phenoxy) is 1. The Balaban J connectivity index is 1.61. The minimum absolute atomic E-state index is 0.0431. The van der Waals surface area contributed by atoms with Crippen LogP contribution < -0.4 is 14.4 Å². The van der Waals surface area contributed by atoms with Gasteiger partial charge >= 0.3 is 0 Å². The fraction of sp³-hybridized carbons (Fsp3) is 0.394. The van der Waals surface area contributed by atoms with Crippen LogP contribution in [0.2, 0.25) is 0 Å². The molecule has 0 aliphatic heterocycles. The Morgan fingerprint density at radius 3 is 2.14 bits per heavy atom. The molecular formula is C33H41N3O5S. The summed E-state index contributed by atoms with van der Waals surface area (Å²) in [6.45, 7) is 3.85. The quantitative estimate of drug-likeness (QED) is 0.295. The van der Waals surface area contributed by atoms with Crippen LogP contribution in [0, 0.1) is 0 Å². The van der Waals surface area contributed by atoms with E-state index in [9.17, 15) is 18.0 Å². The van der Waals surface area contributed by atoms with Crippen LogP contribution in [0.1, 0.15) is 51.5 Å². The summed E-state index contributed by atoms with van der Waals surface area (Å²) in [5.41, 5.74) is 1.39. The molecule has 1 N–H and O–H groups in total. The van der Waals surface area contributed by atoms with Crippen LogP contribution in [-0.2, 0) is 26.0 Å². The predicted octanol–water partition coefficient (Wildman–Crippen LogP) is 5.19. The summed E-state index contributed by atoms with van der Waals surface area (Å²) in [4.78, 5) is 29.0. The van der Waals surface area contributed by atoms with Gasteiger partial charge in [0.05, 0.1) is 17.2 Å². The molecule has 3 aromatic carbocycles. The van der Waals surface area contributed by atoms with Gasteiger partial charge in [-0.2, -0.15) is 0 Å². The second kappa shape index (κ2) is 14.9. The van der Waals surface area contributed by atoms with Gasteiger partial charge < -0.3 is 15.0 Å². The van der Waals surface area contributed by atoms with Gasteiger partial charge in [-0.15, -0.1) is 0 Å². The van der Waals surface area contributed by atoms with Gasteiger partial charge in [0.2, 0.25) is 11.8 Å². The number of anilines is 1. The van der Waals surface area contributed by atoms with Gasteiger partial charge in [0, 0.05) is 12.6 Å². The lowest BCUT2D eigenvalue weighted by Gasteiger charge is -2.33. The van der Waals surface area contributed by atoms with E-state index in [1.807, 2.05) is 37.3 Å². The van der Waals surface area contributed by atoms with E-state index in [4.69, 9.17) is 4.74 Å². The lowest BCUT2D eigenvalue weighted by Crippen LogP contribution is -2.53. The first-order valence-corrected chi connectivity index (χ1v) is 16.2. The Labute approximate surface area is 249 Å². The molecule has 2 amide bonds. The minimum atomic E-state index is -4.12. The Bertz CT molecular complexity index is 1390. The second-order valence-electron chi connectivity index (χ2n) is 10.6. The van der Waals surface area contributed by atoms with Gasteiger partial charge in [0.15, 0.2) is 0 Å². The molecule has 0 bridgehead atoms. The van der Waals surface area contributed by atoms with Gasteiger partial charge in [-0.25, -0.2) is 8.42 Å². The molecule has 1 aliphatic carbocycles. The Morgan fingerprint density at radius 1 is 0.905 bits per heavy atom. The van der Waals surface area contributed by atoms with E-state index >= 15 is 0 Å². The fourth-order valence-electron chi connectivity index (χ4n) is 5.26. The summed E-state index contributed by atoms with van der Waals surface area (Å²) in [6.07, 6.45) is 5.71. The van der Waals surface area contributed by atoms with Crippen molar-refractivity contribution in [3.8, 4) is 5.75 Å². The molecule has 3 aromatic rings. The molecule has 4 rings (SSSR count). The number of carbonyl (C=O) groups is 2. The average Bonchev–Trinajstić information content (AvgIpc) is 3.01. The highest BCUT2D eigenvalue weighted by atomic mass is 32.2. The van der Waals surface area contributed by atoms with E-state index in [2.05, 4.69) is 5.32 Å². The van der Waals surface area contributed by atoms with Crippen molar-refractivity contribution in [3.63, 3.8) is 0 Å². The number of benzene rings is 3. The third-order valence-corrected chi connectivity index (χ3v) is 9.44. The van der Waals surface area contributed by atoms with E-state index < -0.39 is 28.5 Å². The van der Waals surface area contributed by atoms with Gasteiger partial charge in [-0.3, -0.25) is 13.9 Å². The van der Waals surface area contributed by atoms with E-state index in [1.165, 1.54) is 23.5 Å². The number of para-hydroxylation sites is 1. The van der Waals surface area contributed by atoms with E-state index in [1.54, 1.807) is 49.4 Å². The molecule has 0 heterocycles. The maximum absolute atomic E-state index is 14.0. The van der Waals surface area contributed by atoms with Crippen LogP contribution in [0.3, 0.4) is 0 Å². The Hall–Kier alpha value is -3.85. The van der Waals surface area contributed by atoms with Crippen molar-refractivity contribution in [2.24, 2.45) is 0 Å². The molecule has 1 fully saturated rings. The molecule has 0 spiro atoms. The SMILES string of the molecule is CCOc1ccc(S(=O)(=O)N(CC(=O)N(CCc2ccccc2)[C@H](C)C(=O)NC2CCCCC2)c2ccccc2)cc1. The van der Waals surface area contributed by atoms with Crippen molar-refractivity contribution in [2.45, 2.75) is 69.4 Å². The van der Waals surface area contributed by atoms with Gasteiger partial charge in [0.25, 0.3) is 10.0 Å². The van der Waals surface area contributed by atoms with Crippen molar-refractivity contribution in [1.82, 2.24) is 10.2 Å². The van der Waals surface area contributed by atoms with Crippen molar-refractivity contribution in [3.05, 3.63) is 90.5 Å². The normalized spacial score (nSPS) is 14.5. The van der Waals surface area contributed by atoms with Crippen molar-refractivity contribution in [1.29, 1.82) is 0 Å². The van der Waals surface area contributed by atoms with Crippen molar-refractivity contribution in [2.75, 3.05) is 24.0 Å². The van der Waals surface area contributed by atoms with Crippen LogP contribution in [0.15, 0.2) is 89.8 Å². The molecule has 0 radical (unpaired) electrons. The number of nitrogens with zero attached hydrogens (tertiary/aromatic N) is 2. The smallest absolute Gasteiger partial charge is 0.264 e. The van der Waals surface area contributed by atoms with Crippen LogP contribution >= 0.6 is 0 Å². The van der Waals surface area contributed by atoms with Crippen LogP contribution in [0.4, 0.5) is 5.69 Å². The van der Waals surface area contributed by atoms with Crippen molar-refractivity contribution >= 4 is 27.5 Å². The lowest BCUT2D eigenvalue weighted by molar-refractivity contribution is -0.139. The van der Waals surface area contributed by atoms with Crippen molar-refractivity contribution < 1.29 is 22.7 Å². The molecule has 42 heavy (non-hydrogen) atoms. The van der Waals surface area contributed by atoms with E-state index in [0.717, 1.165) is 35.6 Å². The molecule has 9 heteroatoms. The average molecular weight is 592 g/mol. The minimum Gasteiger partial charge on any atom is -0.494 e. The van der Waals surface area contributed by atoms with Gasteiger partial charge in [0.1, 0.15) is 18.3 Å². The molecule has 8 nitrogen and oxygen atoms in total. The van der Waals surface area contributed by atoms with E-state index in [0.29, 0.717) is 24.5 Å². The van der Waals surface area contributed by atoms with Crippen LogP contribution in [0.25, 0.3) is 0 Å². The molecule has 224 valence electrons. The highest BCUT2D eigenvalue weighted by molar-refractivity contribution is 7.92. The summed E-state index contributed by atoms with van der Waals surface area (Å²) in [7, 11) is -4.12. The predicted molar refractivity (Wildman–Crippen MR) is 165 cm³/mol. The van der Waals surface area contributed by atoms with Gasteiger partial charge in [-0.1, -0.05) is 67.8 Å². The first kappa shape index (κ1) is 31.1. The highest BCUT2D eigenvalue weighted by Crippen LogP contribution is 2.26. The number of amides is 2. The number of carbonyl (C=O) groups excluding carboxylic acids is 2. The largest absolute Gasteiger partial charge is 0.494 e. The Kier molecular flexibility index (Phi) is 11.0. The summed E-state index contributed by atoms with van der Waals surface area (Å²) < 4.78 is 34.5. The number of sulfonamides is 1. The third kappa shape index (κ3) is 8.12. The number of hydrogen-bond acceptors (Lipinski definition) is 5. The van der Waals surface area contributed by atoms with Crippen LogP contribution in [0.5, 0.6) is 5.75 Å². The molecule has 1 saturated carbocycles. The summed E-state index contributed by atoms with van der Waals surface area (Å²) >= 11 is 0. The zero-order valence-corrected chi connectivity index (χ0v) is 25.3. The summed E-state index contributed by atoms with van der Waals surface area (Å²) in [5.74, 6) is -0.108. The number of nitrogens with one attached hydrogen (secondary N) is 1. The standard InChI is InChI=1S/C33H41N3O5S/c1-3-41-30-19-21-31(22-20-30)42(39,40)36(29-17-11-6-12-18-29)25-32(37)35(24-23-27-13-7-4-8-14-27)26(2)33(38)34-28-15-9-5-10-16-28/h4,6-8,11-14,17-22,26,28H,3,5,9-10,15-16,23-25H2,1-2H3,(H,34,38)/t26-/m1/s1. The third-order valence-electron chi connectivity index (χ3n) is 7.65. The number of hydrogen-bond donors (Lipinski definition) is 1. The first-order chi connectivity index (χ1) is 20.3. The molecule has 0 saturated heterocycles. The molecule has 0 unspecified atom stereocenters. The zero-order valence-electron chi connectivity index (χ0n) is 24.4. The van der Waals surface area contributed by atoms with Gasteiger partial charge in [-0.05, 0) is 75.1 Å². The van der Waals surface area contributed by atoms with Crippen LogP contribution in [-0.4, -0.2) is 56.9 Å². The fourth-order valence-corrected chi connectivity index (χ4v) is 6.68.